The Labute approximate surface area is 151 Å². The van der Waals surface area contributed by atoms with Crippen molar-refractivity contribution in [2.24, 2.45) is 10.9 Å². The minimum atomic E-state index is 0.304. The Morgan fingerprint density at radius 2 is 1.92 bits per heavy atom. The molecule has 0 amide bonds. The van der Waals surface area contributed by atoms with Crippen LogP contribution in [0.2, 0.25) is 0 Å². The summed E-state index contributed by atoms with van der Waals surface area (Å²) in [5, 5.41) is 7.03. The van der Waals surface area contributed by atoms with Crippen LogP contribution < -0.4 is 10.6 Å². The fraction of sp³-hybridized carbons (Fsp3) is 0.650. The molecule has 0 bridgehead atoms. The molecule has 1 saturated carbocycles. The summed E-state index contributed by atoms with van der Waals surface area (Å²) in [5.74, 6) is 1.50. The average molecular weight is 345 g/mol. The van der Waals surface area contributed by atoms with Crippen molar-refractivity contribution in [3.8, 4) is 0 Å². The second-order valence-corrected chi connectivity index (χ2v) is 7.47. The first-order chi connectivity index (χ1) is 12.2. The van der Waals surface area contributed by atoms with Crippen LogP contribution in [0.4, 0.5) is 0 Å². The standard InChI is InChI=1S/C20H32N4O/c1-17(15-24-10-12-25-13-11-24)14-22-19(21-2)23-16-20(8-9-20)18-6-4-3-5-7-18/h3-7,17H,8-16H2,1-2H3,(H2,21,22,23). The maximum atomic E-state index is 5.42. The van der Waals surface area contributed by atoms with Crippen LogP contribution >= 0.6 is 0 Å². The van der Waals surface area contributed by atoms with Crippen molar-refractivity contribution in [1.29, 1.82) is 0 Å². The molecule has 0 spiro atoms. The number of hydrogen-bond donors (Lipinski definition) is 2. The monoisotopic (exact) mass is 344 g/mol. The Morgan fingerprint density at radius 3 is 2.56 bits per heavy atom. The molecule has 0 aromatic heterocycles. The van der Waals surface area contributed by atoms with Crippen molar-refractivity contribution in [1.82, 2.24) is 15.5 Å². The maximum absolute atomic E-state index is 5.42. The molecule has 138 valence electrons. The van der Waals surface area contributed by atoms with Crippen molar-refractivity contribution in [2.45, 2.75) is 25.2 Å². The van der Waals surface area contributed by atoms with E-state index >= 15 is 0 Å². The van der Waals surface area contributed by atoms with Crippen LogP contribution in [0.15, 0.2) is 35.3 Å². The first-order valence-corrected chi connectivity index (χ1v) is 9.52. The largest absolute Gasteiger partial charge is 0.379 e. The topological polar surface area (TPSA) is 48.9 Å². The van der Waals surface area contributed by atoms with Crippen LogP contribution in [-0.4, -0.2) is 63.8 Å². The van der Waals surface area contributed by atoms with Crippen LogP contribution in [0.1, 0.15) is 25.3 Å². The van der Waals surface area contributed by atoms with Gasteiger partial charge in [0.15, 0.2) is 5.96 Å². The van der Waals surface area contributed by atoms with Crippen molar-refractivity contribution in [3.63, 3.8) is 0 Å². The Balaban J connectivity index is 1.41. The molecular weight excluding hydrogens is 312 g/mol. The Hall–Kier alpha value is -1.59. The summed E-state index contributed by atoms with van der Waals surface area (Å²) < 4.78 is 5.42. The summed E-state index contributed by atoms with van der Waals surface area (Å²) in [5.41, 5.74) is 1.75. The van der Waals surface area contributed by atoms with Gasteiger partial charge in [-0.05, 0) is 24.3 Å². The second kappa shape index (κ2) is 8.68. The number of aliphatic imine (C=N–C) groups is 1. The number of nitrogens with one attached hydrogen (secondary N) is 2. The van der Waals surface area contributed by atoms with Gasteiger partial charge in [0.1, 0.15) is 0 Å². The average Bonchev–Trinajstić information content (AvgIpc) is 3.45. The SMILES string of the molecule is CN=C(NCC(C)CN1CCOCC1)NCC1(c2ccccc2)CC1. The van der Waals surface area contributed by atoms with Gasteiger partial charge in [0.05, 0.1) is 13.2 Å². The number of ether oxygens (including phenoxy) is 1. The van der Waals surface area contributed by atoms with E-state index in [1.807, 2.05) is 7.05 Å². The molecule has 1 aliphatic heterocycles. The van der Waals surface area contributed by atoms with E-state index in [0.717, 1.165) is 51.9 Å². The zero-order valence-corrected chi connectivity index (χ0v) is 15.6. The minimum Gasteiger partial charge on any atom is -0.379 e. The van der Waals surface area contributed by atoms with E-state index < -0.39 is 0 Å². The van der Waals surface area contributed by atoms with Crippen molar-refractivity contribution in [3.05, 3.63) is 35.9 Å². The highest BCUT2D eigenvalue weighted by Crippen LogP contribution is 2.47. The third-order valence-electron chi connectivity index (χ3n) is 5.35. The van der Waals surface area contributed by atoms with E-state index in [0.29, 0.717) is 11.3 Å². The van der Waals surface area contributed by atoms with Gasteiger partial charge in [0.25, 0.3) is 0 Å². The molecule has 2 aliphatic rings. The molecule has 5 nitrogen and oxygen atoms in total. The molecule has 1 heterocycles. The van der Waals surface area contributed by atoms with Gasteiger partial charge in [-0.3, -0.25) is 9.89 Å². The van der Waals surface area contributed by atoms with Gasteiger partial charge in [-0.25, -0.2) is 0 Å². The molecule has 25 heavy (non-hydrogen) atoms. The third-order valence-corrected chi connectivity index (χ3v) is 5.35. The van der Waals surface area contributed by atoms with Gasteiger partial charge >= 0.3 is 0 Å². The van der Waals surface area contributed by atoms with Gasteiger partial charge in [-0.1, -0.05) is 37.3 Å². The van der Waals surface area contributed by atoms with Crippen LogP contribution in [0, 0.1) is 5.92 Å². The zero-order chi connectivity index (χ0) is 17.5. The Kier molecular flexibility index (Phi) is 6.32. The number of nitrogens with zero attached hydrogens (tertiary/aromatic N) is 2. The summed E-state index contributed by atoms with van der Waals surface area (Å²) in [7, 11) is 1.85. The summed E-state index contributed by atoms with van der Waals surface area (Å²) >= 11 is 0. The molecule has 2 N–H and O–H groups in total. The van der Waals surface area contributed by atoms with Crippen LogP contribution in [-0.2, 0) is 10.2 Å². The highest BCUT2D eigenvalue weighted by atomic mass is 16.5. The van der Waals surface area contributed by atoms with Crippen molar-refractivity contribution < 1.29 is 4.74 Å². The first-order valence-electron chi connectivity index (χ1n) is 9.52. The quantitative estimate of drug-likeness (QED) is 0.585. The van der Waals surface area contributed by atoms with Crippen molar-refractivity contribution in [2.75, 3.05) is 53.0 Å². The van der Waals surface area contributed by atoms with E-state index in [1.54, 1.807) is 0 Å². The zero-order valence-electron chi connectivity index (χ0n) is 15.6. The molecule has 1 atom stereocenters. The van der Waals surface area contributed by atoms with Crippen molar-refractivity contribution >= 4 is 5.96 Å². The number of rotatable bonds is 7. The van der Waals surface area contributed by atoms with Crippen LogP contribution in [0.5, 0.6) is 0 Å². The van der Waals surface area contributed by atoms with E-state index in [-0.39, 0.29) is 0 Å². The Bertz CT molecular complexity index is 550. The summed E-state index contributed by atoms with van der Waals surface area (Å²) in [6, 6.07) is 10.8. The van der Waals surface area contributed by atoms with E-state index in [4.69, 9.17) is 4.74 Å². The van der Waals surface area contributed by atoms with Gasteiger partial charge in [-0.15, -0.1) is 0 Å². The van der Waals surface area contributed by atoms with Gasteiger partial charge in [-0.2, -0.15) is 0 Å². The van der Waals surface area contributed by atoms with Crippen LogP contribution in [0.3, 0.4) is 0 Å². The summed E-state index contributed by atoms with van der Waals surface area (Å²) in [6.45, 7) is 9.14. The molecule has 3 rings (SSSR count). The fourth-order valence-corrected chi connectivity index (χ4v) is 3.54. The normalized spacial score (nSPS) is 21.6. The highest BCUT2D eigenvalue weighted by molar-refractivity contribution is 5.79. The highest BCUT2D eigenvalue weighted by Gasteiger charge is 2.43. The number of hydrogen-bond acceptors (Lipinski definition) is 3. The Morgan fingerprint density at radius 1 is 1.20 bits per heavy atom. The molecule has 0 radical (unpaired) electrons. The number of guanidine groups is 1. The number of benzene rings is 1. The lowest BCUT2D eigenvalue weighted by Crippen LogP contribution is -2.45. The van der Waals surface area contributed by atoms with Gasteiger partial charge < -0.3 is 15.4 Å². The lowest BCUT2D eigenvalue weighted by atomic mass is 9.96. The minimum absolute atomic E-state index is 0.304. The fourth-order valence-electron chi connectivity index (χ4n) is 3.54. The molecule has 1 unspecified atom stereocenters. The maximum Gasteiger partial charge on any atom is 0.191 e. The molecule has 1 aromatic carbocycles. The molecule has 1 aliphatic carbocycles. The van der Waals surface area contributed by atoms with Gasteiger partial charge in [0, 0.05) is 45.2 Å². The van der Waals surface area contributed by atoms with E-state index in [2.05, 4.69) is 57.8 Å². The van der Waals surface area contributed by atoms with Gasteiger partial charge in [0.2, 0.25) is 0 Å². The second-order valence-electron chi connectivity index (χ2n) is 7.47. The lowest BCUT2D eigenvalue weighted by molar-refractivity contribution is 0.0320. The van der Waals surface area contributed by atoms with E-state index in [9.17, 15) is 0 Å². The summed E-state index contributed by atoms with van der Waals surface area (Å²) in [6.07, 6.45) is 2.52. The molecular formula is C20H32N4O. The third kappa shape index (κ3) is 5.19. The lowest BCUT2D eigenvalue weighted by Gasteiger charge is -2.29. The smallest absolute Gasteiger partial charge is 0.191 e. The molecule has 2 fully saturated rings. The molecule has 5 heteroatoms. The molecule has 1 aromatic rings. The number of morpholine rings is 1. The van der Waals surface area contributed by atoms with E-state index in [1.165, 1.54) is 18.4 Å². The first kappa shape index (κ1) is 18.2. The van der Waals surface area contributed by atoms with Crippen LogP contribution in [0.25, 0.3) is 0 Å². The summed E-state index contributed by atoms with van der Waals surface area (Å²) in [4.78, 5) is 6.88. The predicted molar refractivity (Wildman–Crippen MR) is 103 cm³/mol. The predicted octanol–water partition coefficient (Wildman–Crippen LogP) is 1.85. The molecule has 1 saturated heterocycles.